The molecule has 0 aromatic carbocycles. The number of nitrogens with one attached hydrogen (secondary N) is 1. The highest BCUT2D eigenvalue weighted by Gasteiger charge is 2.04. The van der Waals surface area contributed by atoms with Gasteiger partial charge in [-0.3, -0.25) is 0 Å². The van der Waals surface area contributed by atoms with Gasteiger partial charge in [0.05, 0.1) is 6.61 Å². The van der Waals surface area contributed by atoms with Crippen LogP contribution in [0.4, 0.5) is 0 Å². The maximum Gasteiger partial charge on any atom is 0.0627 e. The average Bonchev–Trinajstić information content (AvgIpc) is 2.10. The van der Waals surface area contributed by atoms with Gasteiger partial charge in [-0.1, -0.05) is 13.8 Å². The van der Waals surface area contributed by atoms with Crippen LogP contribution in [0.3, 0.4) is 0 Å². The number of rotatable bonds is 8. The van der Waals surface area contributed by atoms with Gasteiger partial charge in [-0.2, -0.15) is 0 Å². The van der Waals surface area contributed by atoms with Gasteiger partial charge in [-0.05, 0) is 25.3 Å². The topological polar surface area (TPSA) is 21.3 Å². The van der Waals surface area contributed by atoms with Crippen LogP contribution in [-0.4, -0.2) is 32.2 Å². The Hall–Kier alpha value is 0.210. The molecule has 0 aromatic rings. The van der Waals surface area contributed by atoms with Crippen LogP contribution in [0.15, 0.2) is 0 Å². The molecule has 2 nitrogen and oxygen atoms in total. The third-order valence-corrected chi connectivity index (χ3v) is 2.32. The van der Waals surface area contributed by atoms with Crippen molar-refractivity contribution in [3.8, 4) is 0 Å². The molecule has 0 aliphatic rings. The summed E-state index contributed by atoms with van der Waals surface area (Å²) in [6.45, 7) is 6.23. The van der Waals surface area contributed by atoms with E-state index in [1.807, 2.05) is 0 Å². The first kappa shape index (κ1) is 13.2. The highest BCUT2D eigenvalue weighted by atomic mass is 35.5. The summed E-state index contributed by atoms with van der Waals surface area (Å²) in [5.74, 6) is 1.41. The molecule has 0 fully saturated rings. The third kappa shape index (κ3) is 8.54. The molecule has 0 bridgehead atoms. The van der Waals surface area contributed by atoms with Crippen molar-refractivity contribution in [2.75, 3.05) is 26.1 Å². The van der Waals surface area contributed by atoms with E-state index in [0.717, 1.165) is 12.5 Å². The molecule has 0 amide bonds. The number of alkyl halides is 1. The Morgan fingerprint density at radius 3 is 2.54 bits per heavy atom. The Morgan fingerprint density at radius 1 is 1.38 bits per heavy atom. The van der Waals surface area contributed by atoms with Gasteiger partial charge in [0, 0.05) is 19.0 Å². The molecule has 0 saturated heterocycles. The van der Waals surface area contributed by atoms with Crippen LogP contribution in [0.5, 0.6) is 0 Å². The van der Waals surface area contributed by atoms with Gasteiger partial charge in [-0.25, -0.2) is 0 Å². The van der Waals surface area contributed by atoms with Crippen LogP contribution in [0.1, 0.15) is 26.7 Å². The molecule has 80 valence electrons. The van der Waals surface area contributed by atoms with Gasteiger partial charge in [-0.15, -0.1) is 11.6 Å². The van der Waals surface area contributed by atoms with E-state index in [1.165, 1.54) is 12.8 Å². The lowest BCUT2D eigenvalue weighted by Gasteiger charge is -2.15. The maximum absolute atomic E-state index is 5.75. The quantitative estimate of drug-likeness (QED) is 0.487. The van der Waals surface area contributed by atoms with Crippen LogP contribution in [-0.2, 0) is 4.74 Å². The van der Waals surface area contributed by atoms with Crippen molar-refractivity contribution < 1.29 is 4.74 Å². The highest BCUT2D eigenvalue weighted by molar-refractivity contribution is 6.18. The Kier molecular flexibility index (Phi) is 8.93. The summed E-state index contributed by atoms with van der Waals surface area (Å²) in [7, 11) is 1.70. The summed E-state index contributed by atoms with van der Waals surface area (Å²) < 4.78 is 5.03. The van der Waals surface area contributed by atoms with Crippen molar-refractivity contribution in [2.45, 2.75) is 32.7 Å². The number of halogens is 1. The predicted octanol–water partition coefficient (Wildman–Crippen LogP) is 2.27. The van der Waals surface area contributed by atoms with Gasteiger partial charge in [0.1, 0.15) is 0 Å². The van der Waals surface area contributed by atoms with E-state index < -0.39 is 0 Å². The van der Waals surface area contributed by atoms with E-state index in [1.54, 1.807) is 7.11 Å². The van der Waals surface area contributed by atoms with Gasteiger partial charge in [0.15, 0.2) is 0 Å². The monoisotopic (exact) mass is 207 g/mol. The average molecular weight is 208 g/mol. The van der Waals surface area contributed by atoms with Gasteiger partial charge in [0.25, 0.3) is 0 Å². The normalized spacial score (nSPS) is 13.6. The minimum Gasteiger partial charge on any atom is -0.383 e. The van der Waals surface area contributed by atoms with E-state index in [2.05, 4.69) is 19.2 Å². The molecule has 3 heteroatoms. The molecule has 1 unspecified atom stereocenters. The lowest BCUT2D eigenvalue weighted by Crippen LogP contribution is -2.35. The second-order valence-electron chi connectivity index (χ2n) is 3.80. The second kappa shape index (κ2) is 8.79. The molecule has 0 aromatic heterocycles. The van der Waals surface area contributed by atoms with Crippen LogP contribution in [0.2, 0.25) is 0 Å². The number of hydrogen-bond acceptors (Lipinski definition) is 2. The van der Waals surface area contributed by atoms with E-state index in [-0.39, 0.29) is 0 Å². The van der Waals surface area contributed by atoms with Gasteiger partial charge < -0.3 is 10.1 Å². The van der Waals surface area contributed by atoms with Crippen molar-refractivity contribution in [1.82, 2.24) is 5.32 Å². The number of ether oxygens (including phenoxy) is 1. The van der Waals surface area contributed by atoms with Crippen molar-refractivity contribution in [3.63, 3.8) is 0 Å². The Labute approximate surface area is 87.0 Å². The molecule has 0 aliphatic heterocycles. The molecular weight excluding hydrogens is 186 g/mol. The van der Waals surface area contributed by atoms with Gasteiger partial charge in [0.2, 0.25) is 0 Å². The minimum absolute atomic E-state index is 0.304. The SMILES string of the molecule is COCC(CCl)NCCCC(C)C. The van der Waals surface area contributed by atoms with Crippen molar-refractivity contribution >= 4 is 11.6 Å². The largest absolute Gasteiger partial charge is 0.383 e. The summed E-state index contributed by atoms with van der Waals surface area (Å²) in [5.41, 5.74) is 0. The van der Waals surface area contributed by atoms with Crippen LogP contribution < -0.4 is 5.32 Å². The summed E-state index contributed by atoms with van der Waals surface area (Å²) in [6, 6.07) is 0.304. The summed E-state index contributed by atoms with van der Waals surface area (Å²) in [4.78, 5) is 0. The first-order valence-corrected chi connectivity index (χ1v) is 5.52. The van der Waals surface area contributed by atoms with E-state index in [0.29, 0.717) is 18.5 Å². The zero-order chi connectivity index (χ0) is 10.1. The lowest BCUT2D eigenvalue weighted by atomic mass is 10.1. The molecule has 0 heterocycles. The van der Waals surface area contributed by atoms with Crippen molar-refractivity contribution in [3.05, 3.63) is 0 Å². The van der Waals surface area contributed by atoms with Crippen molar-refractivity contribution in [1.29, 1.82) is 0 Å². The first-order valence-electron chi connectivity index (χ1n) is 4.99. The summed E-state index contributed by atoms with van der Waals surface area (Å²) in [5, 5.41) is 3.37. The molecule has 0 saturated carbocycles. The van der Waals surface area contributed by atoms with E-state index >= 15 is 0 Å². The van der Waals surface area contributed by atoms with E-state index in [9.17, 15) is 0 Å². The first-order chi connectivity index (χ1) is 6.20. The van der Waals surface area contributed by atoms with Crippen molar-refractivity contribution in [2.24, 2.45) is 5.92 Å². The number of methoxy groups -OCH3 is 1. The molecular formula is C10H22ClNO. The second-order valence-corrected chi connectivity index (χ2v) is 4.11. The zero-order valence-corrected chi connectivity index (χ0v) is 9.73. The molecule has 1 N–H and O–H groups in total. The molecule has 0 spiro atoms. The summed E-state index contributed by atoms with van der Waals surface area (Å²) in [6.07, 6.45) is 2.49. The minimum atomic E-state index is 0.304. The Morgan fingerprint density at radius 2 is 2.08 bits per heavy atom. The predicted molar refractivity (Wildman–Crippen MR) is 58.5 cm³/mol. The van der Waals surface area contributed by atoms with Crippen LogP contribution >= 0.6 is 11.6 Å². The third-order valence-electron chi connectivity index (χ3n) is 1.95. The Bertz CT molecular complexity index is 109. The molecule has 0 radical (unpaired) electrons. The molecule has 0 rings (SSSR count). The van der Waals surface area contributed by atoms with Gasteiger partial charge >= 0.3 is 0 Å². The van der Waals surface area contributed by atoms with E-state index in [4.69, 9.17) is 16.3 Å². The Balaban J connectivity index is 3.27. The fourth-order valence-electron chi connectivity index (χ4n) is 1.18. The molecule has 13 heavy (non-hydrogen) atoms. The molecule has 1 atom stereocenters. The maximum atomic E-state index is 5.75. The lowest BCUT2D eigenvalue weighted by molar-refractivity contribution is 0.173. The fourth-order valence-corrected chi connectivity index (χ4v) is 1.37. The van der Waals surface area contributed by atoms with Crippen LogP contribution in [0, 0.1) is 5.92 Å². The van der Waals surface area contributed by atoms with Crippen LogP contribution in [0.25, 0.3) is 0 Å². The summed E-state index contributed by atoms with van der Waals surface area (Å²) >= 11 is 5.75. The highest BCUT2D eigenvalue weighted by Crippen LogP contribution is 2.02. The zero-order valence-electron chi connectivity index (χ0n) is 8.98. The molecule has 0 aliphatic carbocycles. The number of hydrogen-bond donors (Lipinski definition) is 1. The fraction of sp³-hybridized carbons (Fsp3) is 1.00. The smallest absolute Gasteiger partial charge is 0.0627 e. The standard InChI is InChI=1S/C10H22ClNO/c1-9(2)5-4-6-12-10(7-11)8-13-3/h9-10,12H,4-8H2,1-3H3.